The highest BCUT2D eigenvalue weighted by atomic mass is 16.5. The van der Waals surface area contributed by atoms with Crippen molar-refractivity contribution < 1.29 is 14.6 Å². The van der Waals surface area contributed by atoms with Crippen LogP contribution >= 0.6 is 0 Å². The molecule has 0 aliphatic heterocycles. The summed E-state index contributed by atoms with van der Waals surface area (Å²) in [6.45, 7) is 4.12. The first-order chi connectivity index (χ1) is 8.04. The number of carboxylic acid groups (broad SMARTS) is 1. The lowest BCUT2D eigenvalue weighted by atomic mass is 10.1. The predicted octanol–water partition coefficient (Wildman–Crippen LogP) is 1.75. The van der Waals surface area contributed by atoms with Gasteiger partial charge in [-0.05, 0) is 19.4 Å². The quantitative estimate of drug-likeness (QED) is 0.791. The molecule has 0 fully saturated rings. The second kappa shape index (κ2) is 6.37. The zero-order valence-corrected chi connectivity index (χ0v) is 10.4. The normalized spacial score (nSPS) is 14.3. The van der Waals surface area contributed by atoms with Gasteiger partial charge in [0.05, 0.1) is 6.61 Å². The zero-order chi connectivity index (χ0) is 12.8. The summed E-state index contributed by atoms with van der Waals surface area (Å²) >= 11 is 0. The van der Waals surface area contributed by atoms with E-state index in [1.54, 1.807) is 0 Å². The molecular weight excluding hydrogens is 218 g/mol. The van der Waals surface area contributed by atoms with Crippen LogP contribution in [0.3, 0.4) is 0 Å². The van der Waals surface area contributed by atoms with E-state index in [4.69, 9.17) is 9.84 Å². The lowest BCUT2D eigenvalue weighted by Gasteiger charge is -2.20. The van der Waals surface area contributed by atoms with Gasteiger partial charge in [-0.15, -0.1) is 0 Å². The number of nitrogens with one attached hydrogen (secondary N) is 1. The van der Waals surface area contributed by atoms with Gasteiger partial charge < -0.3 is 9.84 Å². The Bertz CT molecular complexity index is 361. The van der Waals surface area contributed by atoms with E-state index >= 15 is 0 Å². The Labute approximate surface area is 102 Å². The van der Waals surface area contributed by atoms with Crippen molar-refractivity contribution in [3.63, 3.8) is 0 Å². The molecule has 0 saturated carbocycles. The van der Waals surface area contributed by atoms with Gasteiger partial charge in [-0.3, -0.25) is 10.1 Å². The molecule has 0 amide bonds. The molecule has 0 aliphatic rings. The predicted molar refractivity (Wildman–Crippen MR) is 66.0 cm³/mol. The Hall–Kier alpha value is -1.39. The van der Waals surface area contributed by atoms with Crippen LogP contribution in [0.15, 0.2) is 24.3 Å². The van der Waals surface area contributed by atoms with Crippen LogP contribution in [-0.4, -0.2) is 30.8 Å². The van der Waals surface area contributed by atoms with Crippen molar-refractivity contribution >= 4 is 5.97 Å². The Balaban J connectivity index is 2.66. The van der Waals surface area contributed by atoms with Gasteiger partial charge in [0.15, 0.2) is 0 Å². The number of hydrogen-bond acceptors (Lipinski definition) is 3. The highest BCUT2D eigenvalue weighted by Gasteiger charge is 2.19. The van der Waals surface area contributed by atoms with Crippen molar-refractivity contribution in [3.05, 3.63) is 35.4 Å². The third-order valence-corrected chi connectivity index (χ3v) is 2.66. The smallest absolute Gasteiger partial charge is 0.323 e. The molecular formula is C13H19NO3. The van der Waals surface area contributed by atoms with E-state index in [-0.39, 0.29) is 12.6 Å². The van der Waals surface area contributed by atoms with Gasteiger partial charge >= 0.3 is 5.97 Å². The van der Waals surface area contributed by atoms with Gasteiger partial charge in [-0.25, -0.2) is 0 Å². The van der Waals surface area contributed by atoms with E-state index < -0.39 is 12.0 Å². The van der Waals surface area contributed by atoms with Crippen LogP contribution < -0.4 is 5.32 Å². The number of ether oxygens (including phenoxy) is 1. The maximum Gasteiger partial charge on any atom is 0.323 e. The second-order valence-electron chi connectivity index (χ2n) is 4.15. The van der Waals surface area contributed by atoms with E-state index in [0.717, 1.165) is 5.56 Å². The molecule has 2 unspecified atom stereocenters. The average molecular weight is 237 g/mol. The summed E-state index contributed by atoms with van der Waals surface area (Å²) in [5.41, 5.74) is 2.26. The summed E-state index contributed by atoms with van der Waals surface area (Å²) < 4.78 is 4.88. The summed E-state index contributed by atoms with van der Waals surface area (Å²) in [6, 6.07) is 7.32. The molecule has 4 nitrogen and oxygen atoms in total. The molecule has 0 heterocycles. The van der Waals surface area contributed by atoms with Crippen LogP contribution in [-0.2, 0) is 9.53 Å². The molecule has 0 aromatic heterocycles. The number of aryl methyl sites for hydroxylation is 1. The lowest BCUT2D eigenvalue weighted by molar-refractivity contribution is -0.141. The Morgan fingerprint density at radius 2 is 2.00 bits per heavy atom. The number of methoxy groups -OCH3 is 1. The monoisotopic (exact) mass is 237 g/mol. The average Bonchev–Trinajstić information content (AvgIpc) is 2.29. The van der Waals surface area contributed by atoms with Crippen molar-refractivity contribution in [2.75, 3.05) is 13.7 Å². The van der Waals surface area contributed by atoms with Gasteiger partial charge in [0.25, 0.3) is 0 Å². The fraction of sp³-hybridized carbons (Fsp3) is 0.462. The summed E-state index contributed by atoms with van der Waals surface area (Å²) in [5, 5.41) is 12.0. The van der Waals surface area contributed by atoms with Crippen molar-refractivity contribution in [1.82, 2.24) is 5.32 Å². The first-order valence-electron chi connectivity index (χ1n) is 5.59. The number of rotatable bonds is 6. The van der Waals surface area contributed by atoms with E-state index in [9.17, 15) is 4.79 Å². The first-order valence-corrected chi connectivity index (χ1v) is 5.59. The molecule has 17 heavy (non-hydrogen) atoms. The number of aliphatic carboxylic acids is 1. The fourth-order valence-corrected chi connectivity index (χ4v) is 1.61. The minimum absolute atomic E-state index is 0.0214. The van der Waals surface area contributed by atoms with Crippen LogP contribution in [0.4, 0.5) is 0 Å². The van der Waals surface area contributed by atoms with Crippen LogP contribution in [0.1, 0.15) is 24.1 Å². The molecule has 0 saturated heterocycles. The van der Waals surface area contributed by atoms with E-state index in [2.05, 4.69) is 5.32 Å². The second-order valence-corrected chi connectivity index (χ2v) is 4.15. The summed E-state index contributed by atoms with van der Waals surface area (Å²) in [5.74, 6) is -0.897. The molecule has 4 heteroatoms. The highest BCUT2D eigenvalue weighted by molar-refractivity contribution is 5.73. The van der Waals surface area contributed by atoms with Gasteiger partial charge in [0.2, 0.25) is 0 Å². The molecule has 1 aromatic rings. The Morgan fingerprint density at radius 1 is 1.41 bits per heavy atom. The number of benzene rings is 1. The third kappa shape index (κ3) is 4.17. The molecule has 1 aromatic carbocycles. The number of carbonyl (C=O) groups is 1. The topological polar surface area (TPSA) is 58.6 Å². The van der Waals surface area contributed by atoms with Crippen LogP contribution in [0.25, 0.3) is 0 Å². The fourth-order valence-electron chi connectivity index (χ4n) is 1.61. The molecule has 0 spiro atoms. The maximum absolute atomic E-state index is 11.0. The van der Waals surface area contributed by atoms with Gasteiger partial charge in [0, 0.05) is 13.2 Å². The summed E-state index contributed by atoms with van der Waals surface area (Å²) in [7, 11) is 1.49. The van der Waals surface area contributed by atoms with Crippen molar-refractivity contribution in [1.29, 1.82) is 0 Å². The van der Waals surface area contributed by atoms with E-state index in [1.165, 1.54) is 12.7 Å². The van der Waals surface area contributed by atoms with Crippen LogP contribution in [0, 0.1) is 6.92 Å². The summed E-state index contributed by atoms with van der Waals surface area (Å²) in [4.78, 5) is 11.0. The third-order valence-electron chi connectivity index (χ3n) is 2.66. The minimum Gasteiger partial charge on any atom is -0.480 e. The lowest BCUT2D eigenvalue weighted by Crippen LogP contribution is -2.41. The standard InChI is InChI=1S/C13H19NO3/c1-9-4-6-11(7-5-9)10(2)14-12(8-17-3)13(15)16/h4-7,10,12,14H,8H2,1-3H3,(H,15,16). The number of carboxylic acids is 1. The SMILES string of the molecule is COCC(NC(C)c1ccc(C)cc1)C(=O)O. The molecule has 94 valence electrons. The van der Waals surface area contributed by atoms with E-state index in [0.29, 0.717) is 0 Å². The van der Waals surface area contributed by atoms with Gasteiger partial charge in [0.1, 0.15) is 6.04 Å². The number of hydrogen-bond donors (Lipinski definition) is 2. The molecule has 2 atom stereocenters. The van der Waals surface area contributed by atoms with Gasteiger partial charge in [-0.2, -0.15) is 0 Å². The maximum atomic E-state index is 11.0. The van der Waals surface area contributed by atoms with Crippen molar-refractivity contribution in [3.8, 4) is 0 Å². The van der Waals surface area contributed by atoms with Gasteiger partial charge in [-0.1, -0.05) is 29.8 Å². The molecule has 0 radical (unpaired) electrons. The van der Waals surface area contributed by atoms with Crippen molar-refractivity contribution in [2.24, 2.45) is 0 Å². The highest BCUT2D eigenvalue weighted by Crippen LogP contribution is 2.13. The first kappa shape index (κ1) is 13.7. The van der Waals surface area contributed by atoms with Crippen LogP contribution in [0.5, 0.6) is 0 Å². The van der Waals surface area contributed by atoms with E-state index in [1.807, 2.05) is 38.1 Å². The largest absolute Gasteiger partial charge is 0.480 e. The zero-order valence-electron chi connectivity index (χ0n) is 10.4. The minimum atomic E-state index is -0.897. The molecule has 0 aliphatic carbocycles. The summed E-state index contributed by atoms with van der Waals surface area (Å²) in [6.07, 6.45) is 0. The Kier molecular flexibility index (Phi) is 5.12. The van der Waals surface area contributed by atoms with Crippen molar-refractivity contribution in [2.45, 2.75) is 25.9 Å². The molecule has 2 N–H and O–H groups in total. The Morgan fingerprint density at radius 3 is 2.47 bits per heavy atom. The van der Waals surface area contributed by atoms with Crippen LogP contribution in [0.2, 0.25) is 0 Å². The molecule has 0 bridgehead atoms. The molecule has 1 rings (SSSR count).